The molecule has 32 heavy (non-hydrogen) atoms. The molecule has 0 saturated heterocycles. The predicted molar refractivity (Wildman–Crippen MR) is 112 cm³/mol. The number of benzene rings is 1. The summed E-state index contributed by atoms with van der Waals surface area (Å²) < 4.78 is 56.6. The third kappa shape index (κ3) is 3.47. The van der Waals surface area contributed by atoms with Crippen LogP contribution in [0.25, 0.3) is 10.8 Å². The van der Waals surface area contributed by atoms with E-state index < -0.39 is 29.2 Å². The monoisotopic (exact) mass is 450 g/mol. The van der Waals surface area contributed by atoms with Crippen LogP contribution in [-0.4, -0.2) is 14.3 Å². The largest absolute Gasteiger partial charge is 0.419 e. The van der Waals surface area contributed by atoms with Gasteiger partial charge in [-0.2, -0.15) is 18.3 Å². The van der Waals surface area contributed by atoms with Crippen molar-refractivity contribution in [2.75, 3.05) is 5.32 Å². The minimum absolute atomic E-state index is 0.173. The van der Waals surface area contributed by atoms with E-state index >= 15 is 0 Å². The van der Waals surface area contributed by atoms with E-state index in [4.69, 9.17) is 0 Å². The van der Waals surface area contributed by atoms with Crippen LogP contribution in [0, 0.1) is 12.7 Å². The Morgan fingerprint density at radius 3 is 2.44 bits per heavy atom. The van der Waals surface area contributed by atoms with Crippen molar-refractivity contribution in [2.24, 2.45) is 7.05 Å². The lowest BCUT2D eigenvalue weighted by atomic mass is 10.0. The third-order valence-corrected chi connectivity index (χ3v) is 6.16. The first-order chi connectivity index (χ1) is 14.8. The normalized spacial score (nSPS) is 16.2. The van der Waals surface area contributed by atoms with E-state index in [1.165, 1.54) is 20.0 Å². The van der Waals surface area contributed by atoms with Gasteiger partial charge in [0.25, 0.3) is 11.1 Å². The summed E-state index contributed by atoms with van der Waals surface area (Å²) in [6.45, 7) is 5.00. The van der Waals surface area contributed by atoms with E-state index in [-0.39, 0.29) is 33.4 Å². The van der Waals surface area contributed by atoms with Crippen molar-refractivity contribution in [3.8, 4) is 0 Å². The second-order valence-electron chi connectivity index (χ2n) is 8.56. The Balaban J connectivity index is 1.87. The van der Waals surface area contributed by atoms with E-state index in [1.54, 1.807) is 17.7 Å². The minimum atomic E-state index is -4.83. The van der Waals surface area contributed by atoms with Gasteiger partial charge in [-0.25, -0.2) is 9.07 Å². The number of fused-ring (bicyclic) bond motifs is 1. The number of pyridine rings is 1. The van der Waals surface area contributed by atoms with Crippen molar-refractivity contribution in [3.63, 3.8) is 0 Å². The van der Waals surface area contributed by atoms with Gasteiger partial charge in [-0.05, 0) is 39.7 Å². The number of hydrogen-bond donors (Lipinski definition) is 1. The maximum absolute atomic E-state index is 14.6. The van der Waals surface area contributed by atoms with E-state index in [9.17, 15) is 27.2 Å². The van der Waals surface area contributed by atoms with Crippen LogP contribution in [0.1, 0.15) is 49.4 Å². The highest BCUT2D eigenvalue weighted by Crippen LogP contribution is 2.42. The Kier molecular flexibility index (Phi) is 4.94. The fourth-order valence-corrected chi connectivity index (χ4v) is 3.92. The van der Waals surface area contributed by atoms with Gasteiger partial charge in [0.2, 0.25) is 0 Å². The van der Waals surface area contributed by atoms with E-state index in [0.717, 1.165) is 23.6 Å². The maximum Gasteiger partial charge on any atom is 0.419 e. The van der Waals surface area contributed by atoms with Gasteiger partial charge in [-0.1, -0.05) is 12.1 Å². The van der Waals surface area contributed by atoms with E-state index in [0.29, 0.717) is 11.5 Å². The smallest absolute Gasteiger partial charge is 0.361 e. The van der Waals surface area contributed by atoms with Gasteiger partial charge >= 0.3 is 6.18 Å². The summed E-state index contributed by atoms with van der Waals surface area (Å²) in [7, 11) is 1.41. The molecule has 0 spiro atoms. The third-order valence-electron chi connectivity index (χ3n) is 6.16. The average Bonchev–Trinajstić information content (AvgIpc) is 3.45. The quantitative estimate of drug-likeness (QED) is 0.604. The van der Waals surface area contributed by atoms with Crippen molar-refractivity contribution in [3.05, 3.63) is 67.6 Å². The molecule has 0 bridgehead atoms. The number of nitrogens with one attached hydrogen (secondary N) is 1. The SMILES string of the molecule is Cc1c(=O)n(C2(C)CC2)cc2c(N[C@H](C)c3cccc(C(F)(F)F)c3F)nn(C)c(=O)c12. The second kappa shape index (κ2) is 7.18. The molecule has 1 fully saturated rings. The van der Waals surface area contributed by atoms with Crippen LogP contribution < -0.4 is 16.4 Å². The van der Waals surface area contributed by atoms with Crippen LogP contribution in [0.3, 0.4) is 0 Å². The first kappa shape index (κ1) is 22.0. The van der Waals surface area contributed by atoms with Crippen molar-refractivity contribution in [2.45, 2.75) is 51.4 Å². The fourth-order valence-electron chi connectivity index (χ4n) is 3.92. The maximum atomic E-state index is 14.6. The van der Waals surface area contributed by atoms with Crippen LogP contribution in [0.15, 0.2) is 34.0 Å². The Labute approximate surface area is 180 Å². The van der Waals surface area contributed by atoms with Crippen LogP contribution in [-0.2, 0) is 18.8 Å². The van der Waals surface area contributed by atoms with Gasteiger partial charge in [0, 0.05) is 35.3 Å². The van der Waals surface area contributed by atoms with Crippen molar-refractivity contribution in [1.29, 1.82) is 0 Å². The van der Waals surface area contributed by atoms with Crippen LogP contribution in [0.5, 0.6) is 0 Å². The standard InChI is InChI=1S/C22H22F4N4O2/c1-11-16-14(10-30(19(11)31)21(3)8-9-21)18(28-29(4)20(16)32)27-12(2)13-6-5-7-15(17(13)23)22(24,25)26/h5-7,10,12H,8-9H2,1-4H3,(H,27,28)/t12-/m1/s1. The molecule has 0 amide bonds. The molecule has 1 aliphatic rings. The van der Waals surface area contributed by atoms with Gasteiger partial charge in [0.05, 0.1) is 17.0 Å². The Hall–Kier alpha value is -3.17. The molecular weight excluding hydrogens is 428 g/mol. The molecule has 1 saturated carbocycles. The number of nitrogens with zero attached hydrogens (tertiary/aromatic N) is 3. The number of hydrogen-bond acceptors (Lipinski definition) is 4. The first-order valence-corrected chi connectivity index (χ1v) is 10.1. The Morgan fingerprint density at radius 2 is 1.84 bits per heavy atom. The predicted octanol–water partition coefficient (Wildman–Crippen LogP) is 4.24. The molecule has 1 atom stereocenters. The summed E-state index contributed by atoms with van der Waals surface area (Å²) in [5.41, 5.74) is -2.38. The molecule has 170 valence electrons. The van der Waals surface area contributed by atoms with Crippen LogP contribution in [0.2, 0.25) is 0 Å². The molecule has 4 rings (SSSR count). The molecule has 1 aliphatic carbocycles. The number of alkyl halides is 3. The molecular formula is C22H22F4N4O2. The zero-order valence-corrected chi connectivity index (χ0v) is 18.0. The summed E-state index contributed by atoms with van der Waals surface area (Å²) in [6.07, 6.45) is -1.65. The molecule has 1 N–H and O–H groups in total. The number of aromatic nitrogens is 3. The Bertz CT molecular complexity index is 1350. The topological polar surface area (TPSA) is 68.9 Å². The lowest BCUT2D eigenvalue weighted by Gasteiger charge is -2.21. The number of aryl methyl sites for hydroxylation is 2. The van der Waals surface area contributed by atoms with E-state index in [1.807, 2.05) is 6.92 Å². The lowest BCUT2D eigenvalue weighted by Crippen LogP contribution is -2.32. The van der Waals surface area contributed by atoms with Crippen molar-refractivity contribution < 1.29 is 17.6 Å². The molecule has 2 aromatic heterocycles. The average molecular weight is 450 g/mol. The summed E-state index contributed by atoms with van der Waals surface area (Å²) in [6, 6.07) is 2.19. The molecule has 0 aliphatic heterocycles. The highest BCUT2D eigenvalue weighted by Gasteiger charge is 2.41. The molecule has 0 radical (unpaired) electrons. The van der Waals surface area contributed by atoms with Crippen molar-refractivity contribution >= 4 is 16.6 Å². The molecule has 2 heterocycles. The summed E-state index contributed by atoms with van der Waals surface area (Å²) in [4.78, 5) is 25.6. The van der Waals surface area contributed by atoms with Crippen molar-refractivity contribution in [1.82, 2.24) is 14.3 Å². The number of anilines is 1. The zero-order chi connectivity index (χ0) is 23.6. The van der Waals surface area contributed by atoms with Crippen LogP contribution in [0.4, 0.5) is 23.4 Å². The second-order valence-corrected chi connectivity index (χ2v) is 8.56. The highest BCUT2D eigenvalue weighted by molar-refractivity contribution is 5.92. The zero-order valence-electron chi connectivity index (χ0n) is 18.0. The molecule has 1 aromatic carbocycles. The van der Waals surface area contributed by atoms with Gasteiger partial charge < -0.3 is 9.88 Å². The van der Waals surface area contributed by atoms with Gasteiger partial charge in [-0.15, -0.1) is 0 Å². The van der Waals surface area contributed by atoms with Gasteiger partial charge in [-0.3, -0.25) is 9.59 Å². The lowest BCUT2D eigenvalue weighted by molar-refractivity contribution is -0.140. The summed E-state index contributed by atoms with van der Waals surface area (Å²) >= 11 is 0. The highest BCUT2D eigenvalue weighted by atomic mass is 19.4. The molecule has 3 aromatic rings. The summed E-state index contributed by atoms with van der Waals surface area (Å²) in [5.74, 6) is -1.19. The van der Waals surface area contributed by atoms with Gasteiger partial charge in [0.15, 0.2) is 5.82 Å². The Morgan fingerprint density at radius 1 is 1.19 bits per heavy atom. The summed E-state index contributed by atoms with van der Waals surface area (Å²) in [5, 5.41) is 7.69. The molecule has 10 heteroatoms. The minimum Gasteiger partial charge on any atom is -0.361 e. The number of halogens is 4. The fraction of sp³-hybridized carbons (Fsp3) is 0.409. The first-order valence-electron chi connectivity index (χ1n) is 10.1. The van der Waals surface area contributed by atoms with Crippen LogP contribution >= 0.6 is 0 Å². The number of rotatable bonds is 4. The van der Waals surface area contributed by atoms with Gasteiger partial charge in [0.1, 0.15) is 5.82 Å². The van der Waals surface area contributed by atoms with E-state index in [2.05, 4.69) is 10.4 Å². The molecule has 0 unspecified atom stereocenters. The molecule has 6 nitrogen and oxygen atoms in total.